The number of aliphatic hydroxyl groups is 3. The first-order chi connectivity index (χ1) is 28.6. The third-order valence-corrected chi connectivity index (χ3v) is 10.2. The van der Waals surface area contributed by atoms with Crippen LogP contribution in [0.4, 0.5) is 0 Å². The van der Waals surface area contributed by atoms with Gasteiger partial charge in [0.1, 0.15) is 48.8 Å². The summed E-state index contributed by atoms with van der Waals surface area (Å²) >= 11 is 0. The van der Waals surface area contributed by atoms with Gasteiger partial charge in [-0.3, -0.25) is 0 Å². The number of ether oxygens (including phenoxy) is 8. The van der Waals surface area contributed by atoms with Gasteiger partial charge in [-0.05, 0) is 27.8 Å². The zero-order valence-electron chi connectivity index (χ0n) is 32.3. The van der Waals surface area contributed by atoms with E-state index in [-0.39, 0.29) is 39.6 Å². The van der Waals surface area contributed by atoms with E-state index in [0.717, 1.165) is 27.8 Å². The lowest BCUT2D eigenvalue weighted by Gasteiger charge is -2.49. The van der Waals surface area contributed by atoms with Crippen molar-refractivity contribution in [3.8, 4) is 0 Å². The van der Waals surface area contributed by atoms with E-state index in [1.807, 2.05) is 152 Å². The quantitative estimate of drug-likeness (QED) is 0.0948. The lowest BCUT2D eigenvalue weighted by molar-refractivity contribution is -0.371. The smallest absolute Gasteiger partial charge is 0.187 e. The van der Waals surface area contributed by atoms with Crippen LogP contribution in [0.1, 0.15) is 27.8 Å². The second kappa shape index (κ2) is 21.6. The molecule has 0 saturated carbocycles. The first-order valence-electron chi connectivity index (χ1n) is 19.7. The molecule has 2 fully saturated rings. The minimum atomic E-state index is -1.42. The van der Waals surface area contributed by atoms with Gasteiger partial charge in [-0.1, -0.05) is 152 Å². The molecule has 0 aliphatic carbocycles. The van der Waals surface area contributed by atoms with Crippen LogP contribution in [0, 0.1) is 0 Å². The molecule has 58 heavy (non-hydrogen) atoms. The summed E-state index contributed by atoms with van der Waals surface area (Å²) in [5, 5.41) is 33.8. The molecule has 0 radical (unpaired) electrons. The number of aliphatic hydroxyl groups excluding tert-OH is 3. The molecule has 3 N–H and O–H groups in total. The Labute approximate surface area is 339 Å². The maximum absolute atomic E-state index is 11.6. The van der Waals surface area contributed by atoms with Gasteiger partial charge in [-0.2, -0.15) is 0 Å². The van der Waals surface area contributed by atoms with Crippen molar-refractivity contribution < 1.29 is 53.2 Å². The maximum atomic E-state index is 11.6. The Balaban J connectivity index is 1.22. The van der Waals surface area contributed by atoms with Crippen LogP contribution >= 0.6 is 0 Å². The molecule has 0 bridgehead atoms. The Morgan fingerprint density at radius 1 is 0.414 bits per heavy atom. The van der Waals surface area contributed by atoms with E-state index in [1.54, 1.807) is 0 Å². The van der Waals surface area contributed by atoms with Gasteiger partial charge in [0.2, 0.25) is 0 Å². The van der Waals surface area contributed by atoms with Crippen molar-refractivity contribution in [1.29, 1.82) is 0 Å². The fourth-order valence-corrected chi connectivity index (χ4v) is 7.17. The standard InChI is InChI=1S/C47H52O11/c48-26-38-40(49)42(52-28-34-18-8-2-9-19-34)45(55-31-37-24-14-5-15-25-37)47(57-38)58-41-39(32-51-27-33-16-6-1-7-17-33)56-46(50)44(54-30-36-22-12-4-13-23-36)43(41)53-29-35-20-10-3-11-21-35/h1-25,38-50H,26-32H2/t38-,39-,40+,41-,42+,43+,44-,45-,46+,47-/m1/s1. The summed E-state index contributed by atoms with van der Waals surface area (Å²) in [6.45, 7) is 0.413. The van der Waals surface area contributed by atoms with Crippen molar-refractivity contribution in [3.63, 3.8) is 0 Å². The maximum Gasteiger partial charge on any atom is 0.187 e. The highest BCUT2D eigenvalue weighted by Gasteiger charge is 2.53. The minimum absolute atomic E-state index is 0.00940. The van der Waals surface area contributed by atoms with Crippen molar-refractivity contribution in [2.45, 2.75) is 94.4 Å². The van der Waals surface area contributed by atoms with E-state index < -0.39 is 68.0 Å². The van der Waals surface area contributed by atoms with Gasteiger partial charge in [0, 0.05) is 0 Å². The lowest BCUT2D eigenvalue weighted by Crippen LogP contribution is -2.66. The molecule has 7 rings (SSSR count). The van der Waals surface area contributed by atoms with Crippen LogP contribution in [-0.2, 0) is 70.9 Å². The molecule has 0 amide bonds. The fraction of sp³-hybridized carbons (Fsp3) is 0.362. The summed E-state index contributed by atoms with van der Waals surface area (Å²) in [4.78, 5) is 0. The summed E-state index contributed by atoms with van der Waals surface area (Å²) in [6.07, 6.45) is -10.8. The first-order valence-corrected chi connectivity index (χ1v) is 19.7. The van der Waals surface area contributed by atoms with E-state index in [2.05, 4.69) is 0 Å². The van der Waals surface area contributed by atoms with Crippen LogP contribution in [0.3, 0.4) is 0 Å². The summed E-state index contributed by atoms with van der Waals surface area (Å²) in [7, 11) is 0. The molecule has 306 valence electrons. The summed E-state index contributed by atoms with van der Waals surface area (Å²) < 4.78 is 52.0. The summed E-state index contributed by atoms with van der Waals surface area (Å²) in [6, 6.07) is 48.3. The Hall–Kier alpha value is -4.34. The number of hydrogen-bond donors (Lipinski definition) is 3. The molecule has 11 nitrogen and oxygen atoms in total. The molecule has 0 unspecified atom stereocenters. The Morgan fingerprint density at radius 2 is 0.810 bits per heavy atom. The molecule has 5 aromatic carbocycles. The average molecular weight is 793 g/mol. The van der Waals surface area contributed by atoms with Crippen molar-refractivity contribution in [1.82, 2.24) is 0 Å². The largest absolute Gasteiger partial charge is 0.394 e. The zero-order valence-corrected chi connectivity index (χ0v) is 32.3. The second-order valence-corrected chi connectivity index (χ2v) is 14.4. The second-order valence-electron chi connectivity index (χ2n) is 14.4. The zero-order chi connectivity index (χ0) is 39.9. The molecule has 11 heteroatoms. The average Bonchev–Trinajstić information content (AvgIpc) is 3.27. The minimum Gasteiger partial charge on any atom is -0.394 e. The predicted octanol–water partition coefficient (Wildman–Crippen LogP) is 5.73. The highest BCUT2D eigenvalue weighted by molar-refractivity contribution is 5.17. The molecule has 5 aromatic rings. The monoisotopic (exact) mass is 792 g/mol. The SMILES string of the molecule is OC[C@H]1O[C@H](O[C@H]2[C@H](OCc3ccccc3)[C@@H](OCc3ccccc3)[C@@H](O)O[C@@H]2COCc2ccccc2)[C@H](OCc2ccccc2)[C@@H](OCc2ccccc2)[C@H]1O. The van der Waals surface area contributed by atoms with E-state index >= 15 is 0 Å². The molecular formula is C47H52O11. The molecule has 2 aliphatic rings. The normalized spacial score (nSPS) is 27.3. The van der Waals surface area contributed by atoms with E-state index in [9.17, 15) is 15.3 Å². The van der Waals surface area contributed by atoms with Crippen molar-refractivity contribution in [3.05, 3.63) is 179 Å². The predicted molar refractivity (Wildman–Crippen MR) is 214 cm³/mol. The highest BCUT2D eigenvalue weighted by atomic mass is 16.7. The lowest BCUT2D eigenvalue weighted by atomic mass is 9.96. The van der Waals surface area contributed by atoms with E-state index in [1.165, 1.54) is 0 Å². The van der Waals surface area contributed by atoms with Gasteiger partial charge in [0.15, 0.2) is 12.6 Å². The van der Waals surface area contributed by atoms with Gasteiger partial charge >= 0.3 is 0 Å². The van der Waals surface area contributed by atoms with Crippen LogP contribution < -0.4 is 0 Å². The summed E-state index contributed by atoms with van der Waals surface area (Å²) in [5.74, 6) is 0. The van der Waals surface area contributed by atoms with Gasteiger partial charge < -0.3 is 53.2 Å². The van der Waals surface area contributed by atoms with Crippen LogP contribution in [-0.4, -0.2) is 89.9 Å². The van der Waals surface area contributed by atoms with Gasteiger partial charge in [-0.15, -0.1) is 0 Å². The molecule has 2 heterocycles. The number of hydrogen-bond acceptors (Lipinski definition) is 11. The molecule has 2 aliphatic heterocycles. The Kier molecular flexibility index (Phi) is 15.6. The highest BCUT2D eigenvalue weighted by Crippen LogP contribution is 2.35. The molecule has 0 spiro atoms. The topological polar surface area (TPSA) is 135 Å². The number of benzene rings is 5. The van der Waals surface area contributed by atoms with Gasteiger partial charge in [-0.25, -0.2) is 0 Å². The third-order valence-electron chi connectivity index (χ3n) is 10.2. The van der Waals surface area contributed by atoms with Crippen molar-refractivity contribution in [2.24, 2.45) is 0 Å². The van der Waals surface area contributed by atoms with Gasteiger partial charge in [0.25, 0.3) is 0 Å². The van der Waals surface area contributed by atoms with Crippen LogP contribution in [0.5, 0.6) is 0 Å². The van der Waals surface area contributed by atoms with Crippen LogP contribution in [0.15, 0.2) is 152 Å². The van der Waals surface area contributed by atoms with E-state index in [0.29, 0.717) is 0 Å². The molecular weight excluding hydrogens is 741 g/mol. The van der Waals surface area contributed by atoms with Gasteiger partial charge in [0.05, 0.1) is 46.2 Å². The summed E-state index contributed by atoms with van der Waals surface area (Å²) in [5.41, 5.74) is 4.53. The van der Waals surface area contributed by atoms with Crippen LogP contribution in [0.2, 0.25) is 0 Å². The van der Waals surface area contributed by atoms with E-state index in [4.69, 9.17) is 37.9 Å². The molecule has 2 saturated heterocycles. The Bertz CT molecular complexity index is 1870. The molecule has 10 atom stereocenters. The van der Waals surface area contributed by atoms with Crippen LogP contribution in [0.25, 0.3) is 0 Å². The molecule has 0 aromatic heterocycles. The fourth-order valence-electron chi connectivity index (χ4n) is 7.17. The first kappa shape index (κ1) is 41.8. The third kappa shape index (κ3) is 11.4. The van der Waals surface area contributed by atoms with Crippen molar-refractivity contribution in [2.75, 3.05) is 13.2 Å². The van der Waals surface area contributed by atoms with Crippen molar-refractivity contribution >= 4 is 0 Å². The number of rotatable bonds is 19. The Morgan fingerprint density at radius 3 is 1.26 bits per heavy atom.